The van der Waals surface area contributed by atoms with E-state index in [4.69, 9.17) is 27.8 Å². The summed E-state index contributed by atoms with van der Waals surface area (Å²) in [6.45, 7) is 0.100. The minimum Gasteiger partial charge on any atom is -0.387 e. The summed E-state index contributed by atoms with van der Waals surface area (Å²) >= 11 is 0. The highest BCUT2D eigenvalue weighted by atomic mass is 31.2. The quantitative estimate of drug-likeness (QED) is 0.0954. The van der Waals surface area contributed by atoms with Gasteiger partial charge >= 0.3 is 7.82 Å². The topological polar surface area (TPSA) is 113 Å². The molecule has 2 N–H and O–H groups in total. The molecule has 2 unspecified atom stereocenters. The fraction of sp³-hybridized carbons (Fsp3) is 0.268. The SMILES string of the molecule is O=P(OCc1ccccc1)(OCc1ccccc1)OC1[C@H](OCc2ccccc2)[C@H](O)C(OCc2ccccc2)[C@H](O)[C@H]1OCc1ccccc1. The predicted molar refractivity (Wildman–Crippen MR) is 192 cm³/mol. The molecule has 9 nitrogen and oxygen atoms in total. The van der Waals surface area contributed by atoms with Crippen molar-refractivity contribution < 1.29 is 42.6 Å². The van der Waals surface area contributed by atoms with Gasteiger partial charge in [-0.25, -0.2) is 4.57 Å². The lowest BCUT2D eigenvalue weighted by Crippen LogP contribution is -2.66. The Morgan fingerprint density at radius 3 is 0.980 bits per heavy atom. The van der Waals surface area contributed by atoms with Crippen molar-refractivity contribution in [1.29, 1.82) is 0 Å². The van der Waals surface area contributed by atoms with Gasteiger partial charge in [0.2, 0.25) is 0 Å². The average Bonchev–Trinajstić information content (AvgIpc) is 3.18. The van der Waals surface area contributed by atoms with Crippen LogP contribution >= 0.6 is 7.82 Å². The van der Waals surface area contributed by atoms with Gasteiger partial charge in [0.25, 0.3) is 0 Å². The first-order chi connectivity index (χ1) is 25.0. The Morgan fingerprint density at radius 1 is 0.392 bits per heavy atom. The van der Waals surface area contributed by atoms with Gasteiger partial charge in [0, 0.05) is 0 Å². The Balaban J connectivity index is 1.33. The van der Waals surface area contributed by atoms with Crippen LogP contribution in [0.2, 0.25) is 0 Å². The van der Waals surface area contributed by atoms with Gasteiger partial charge in [-0.2, -0.15) is 0 Å². The molecule has 1 fully saturated rings. The number of rotatable bonds is 17. The molecule has 1 aliphatic rings. The fourth-order valence-corrected chi connectivity index (χ4v) is 7.21. The first-order valence-corrected chi connectivity index (χ1v) is 18.4. The van der Waals surface area contributed by atoms with E-state index >= 15 is 0 Å². The minimum absolute atomic E-state index is 0.0787. The summed E-state index contributed by atoms with van der Waals surface area (Å²) in [5.41, 5.74) is 4.02. The van der Waals surface area contributed by atoms with Crippen molar-refractivity contribution in [2.45, 2.75) is 69.7 Å². The van der Waals surface area contributed by atoms with Crippen LogP contribution in [0.15, 0.2) is 152 Å². The van der Waals surface area contributed by atoms with Crippen LogP contribution in [0.4, 0.5) is 0 Å². The van der Waals surface area contributed by atoms with E-state index in [-0.39, 0.29) is 33.0 Å². The van der Waals surface area contributed by atoms with E-state index < -0.39 is 44.4 Å². The Bertz CT molecular complexity index is 1660. The predicted octanol–water partition coefficient (Wildman–Crippen LogP) is 7.40. The molecule has 0 aromatic heterocycles. The molecule has 10 heteroatoms. The highest BCUT2D eigenvalue weighted by Crippen LogP contribution is 2.54. The molecule has 6 atom stereocenters. The Hall–Kier alpha value is -3.99. The van der Waals surface area contributed by atoms with Crippen LogP contribution in [-0.4, -0.2) is 46.8 Å². The van der Waals surface area contributed by atoms with Gasteiger partial charge in [0.1, 0.15) is 36.6 Å². The Morgan fingerprint density at radius 2 is 0.667 bits per heavy atom. The van der Waals surface area contributed by atoms with Crippen LogP contribution in [0, 0.1) is 0 Å². The first kappa shape index (κ1) is 36.8. The molecule has 6 rings (SSSR count). The van der Waals surface area contributed by atoms with Crippen LogP contribution in [0.1, 0.15) is 27.8 Å². The van der Waals surface area contributed by atoms with Crippen molar-refractivity contribution >= 4 is 7.82 Å². The third-order valence-corrected chi connectivity index (χ3v) is 9.96. The van der Waals surface area contributed by atoms with Crippen LogP contribution in [-0.2, 0) is 65.4 Å². The summed E-state index contributed by atoms with van der Waals surface area (Å²) < 4.78 is 52.0. The maximum absolute atomic E-state index is 14.7. The number of aliphatic hydroxyl groups is 2. The van der Waals surface area contributed by atoms with Gasteiger partial charge in [-0.05, 0) is 27.8 Å². The number of phosphoric acid groups is 1. The molecule has 0 heterocycles. The first-order valence-electron chi connectivity index (χ1n) is 17.0. The maximum Gasteiger partial charge on any atom is 0.475 e. The molecular weight excluding hydrogens is 667 g/mol. The Labute approximate surface area is 298 Å². The van der Waals surface area contributed by atoms with Crippen LogP contribution in [0.5, 0.6) is 0 Å². The zero-order valence-electron chi connectivity index (χ0n) is 28.1. The second-order valence-corrected chi connectivity index (χ2v) is 13.9. The minimum atomic E-state index is -4.44. The normalized spacial score (nSPS) is 22.1. The second kappa shape index (κ2) is 18.5. The molecule has 0 spiro atoms. The third-order valence-electron chi connectivity index (χ3n) is 8.56. The lowest BCUT2D eigenvalue weighted by molar-refractivity contribution is -0.259. The average molecular weight is 711 g/mol. The van der Waals surface area contributed by atoms with Gasteiger partial charge in [-0.3, -0.25) is 13.6 Å². The molecular formula is C41H43O9P. The highest BCUT2D eigenvalue weighted by molar-refractivity contribution is 7.48. The summed E-state index contributed by atoms with van der Waals surface area (Å²) in [4.78, 5) is 0. The number of phosphoric ester groups is 1. The number of ether oxygens (including phenoxy) is 3. The van der Waals surface area contributed by atoms with E-state index in [0.29, 0.717) is 0 Å². The molecule has 0 aliphatic heterocycles. The molecule has 1 aliphatic carbocycles. The lowest BCUT2D eigenvalue weighted by Gasteiger charge is -2.47. The summed E-state index contributed by atoms with van der Waals surface area (Å²) in [5.74, 6) is 0. The molecule has 5 aromatic carbocycles. The lowest BCUT2D eigenvalue weighted by atomic mass is 9.84. The smallest absolute Gasteiger partial charge is 0.387 e. The van der Waals surface area contributed by atoms with Crippen LogP contribution < -0.4 is 0 Å². The molecule has 0 saturated heterocycles. The molecule has 0 amide bonds. The number of benzene rings is 5. The van der Waals surface area contributed by atoms with E-state index in [9.17, 15) is 14.8 Å². The molecule has 266 valence electrons. The van der Waals surface area contributed by atoms with Gasteiger partial charge in [0.15, 0.2) is 0 Å². The van der Waals surface area contributed by atoms with E-state index in [1.54, 1.807) is 0 Å². The number of hydrogen-bond donors (Lipinski definition) is 2. The van der Waals surface area contributed by atoms with Crippen LogP contribution in [0.25, 0.3) is 0 Å². The van der Waals surface area contributed by atoms with Crippen molar-refractivity contribution in [3.63, 3.8) is 0 Å². The maximum atomic E-state index is 14.7. The molecule has 0 bridgehead atoms. The fourth-order valence-electron chi connectivity index (χ4n) is 5.86. The van der Waals surface area contributed by atoms with Crippen molar-refractivity contribution in [3.8, 4) is 0 Å². The van der Waals surface area contributed by atoms with E-state index in [2.05, 4.69) is 0 Å². The summed E-state index contributed by atoms with van der Waals surface area (Å²) in [7, 11) is -4.44. The number of hydrogen-bond acceptors (Lipinski definition) is 9. The summed E-state index contributed by atoms with van der Waals surface area (Å²) in [6, 6.07) is 46.8. The standard InChI is InChI=1S/C41H43O9P/c42-36-38(45-26-31-16-6-1-7-17-31)37(43)40(47-28-33-20-10-3-11-21-33)41(39(36)46-27-32-18-8-2-9-19-32)50-51(44,48-29-34-22-12-4-13-23-34)49-30-35-24-14-5-15-25-35/h1-25,36-43H,26-30H2/t36-,37+,38?,39-,40-,41?/m1/s1. The van der Waals surface area contributed by atoms with Crippen molar-refractivity contribution in [2.24, 2.45) is 0 Å². The molecule has 1 saturated carbocycles. The number of aliphatic hydroxyl groups excluding tert-OH is 2. The summed E-state index contributed by atoms with van der Waals surface area (Å²) in [5, 5.41) is 23.8. The van der Waals surface area contributed by atoms with Crippen molar-refractivity contribution in [3.05, 3.63) is 179 Å². The van der Waals surface area contributed by atoms with E-state index in [0.717, 1.165) is 27.8 Å². The van der Waals surface area contributed by atoms with E-state index in [1.165, 1.54) is 0 Å². The molecule has 51 heavy (non-hydrogen) atoms. The monoisotopic (exact) mass is 710 g/mol. The van der Waals surface area contributed by atoms with Gasteiger partial charge in [-0.1, -0.05) is 152 Å². The Kier molecular flexibility index (Phi) is 13.3. The van der Waals surface area contributed by atoms with Gasteiger partial charge in [-0.15, -0.1) is 0 Å². The third kappa shape index (κ3) is 10.5. The van der Waals surface area contributed by atoms with Gasteiger partial charge in [0.05, 0.1) is 33.0 Å². The second-order valence-electron chi connectivity index (χ2n) is 12.3. The van der Waals surface area contributed by atoms with E-state index in [1.807, 2.05) is 152 Å². The largest absolute Gasteiger partial charge is 0.475 e. The van der Waals surface area contributed by atoms with Crippen LogP contribution in [0.3, 0.4) is 0 Å². The van der Waals surface area contributed by atoms with Crippen molar-refractivity contribution in [2.75, 3.05) is 0 Å². The van der Waals surface area contributed by atoms with Gasteiger partial charge < -0.3 is 24.4 Å². The molecule has 5 aromatic rings. The zero-order chi connectivity index (χ0) is 35.3. The molecule has 0 radical (unpaired) electrons. The highest BCUT2D eigenvalue weighted by Gasteiger charge is 2.55. The summed E-state index contributed by atoms with van der Waals surface area (Å²) in [6.07, 6.45) is -7.71. The zero-order valence-corrected chi connectivity index (χ0v) is 29.0. The van der Waals surface area contributed by atoms with Crippen molar-refractivity contribution in [1.82, 2.24) is 0 Å².